The second kappa shape index (κ2) is 8.30. The highest BCUT2D eigenvalue weighted by Crippen LogP contribution is 2.35. The lowest BCUT2D eigenvalue weighted by Crippen LogP contribution is -2.26. The van der Waals surface area contributed by atoms with Crippen molar-refractivity contribution in [2.24, 2.45) is 5.10 Å². The monoisotopic (exact) mass is 453 g/mol. The molecule has 7 heteroatoms. The quantitative estimate of drug-likeness (QED) is 0.470. The number of benzene rings is 2. The van der Waals surface area contributed by atoms with Crippen molar-refractivity contribution in [3.05, 3.63) is 56.0 Å². The highest BCUT2D eigenvalue weighted by molar-refractivity contribution is 9.11. The van der Waals surface area contributed by atoms with Crippen molar-refractivity contribution in [2.45, 2.75) is 13.8 Å². The van der Waals surface area contributed by atoms with Gasteiger partial charge < -0.3 is 10.4 Å². The van der Waals surface area contributed by atoms with Crippen LogP contribution in [0.5, 0.6) is 5.75 Å². The van der Waals surface area contributed by atoms with E-state index in [0.29, 0.717) is 10.0 Å². The van der Waals surface area contributed by atoms with Crippen LogP contribution in [0.1, 0.15) is 16.7 Å². The molecule has 3 N–H and O–H groups in total. The highest BCUT2D eigenvalue weighted by Gasteiger charge is 2.10. The molecule has 1 amide bonds. The summed E-state index contributed by atoms with van der Waals surface area (Å²) in [5.74, 6) is -0.203. The minimum Gasteiger partial charge on any atom is -0.506 e. The number of nitrogens with zero attached hydrogens (tertiary/aromatic N) is 1. The molecule has 2 aromatic carbocycles. The molecule has 24 heavy (non-hydrogen) atoms. The lowest BCUT2D eigenvalue weighted by Gasteiger charge is -2.08. The Balaban J connectivity index is 1.95. The lowest BCUT2D eigenvalue weighted by atomic mass is 10.1. The molecular formula is C17H17Br2N3O2. The SMILES string of the molecule is Cc1ccccc1NCC(=O)N/N=C/c1cc(Br)c(C)c(Br)c1O. The number of aromatic hydroxyl groups is 1. The Morgan fingerprint density at radius 2 is 2.00 bits per heavy atom. The van der Waals surface area contributed by atoms with Gasteiger partial charge in [-0.05, 0) is 53.0 Å². The number of aryl methyl sites for hydroxylation is 1. The van der Waals surface area contributed by atoms with E-state index in [4.69, 9.17) is 0 Å². The molecule has 0 aromatic heterocycles. The fourth-order valence-corrected chi connectivity index (χ4v) is 3.13. The van der Waals surface area contributed by atoms with Gasteiger partial charge in [0.25, 0.3) is 5.91 Å². The maximum Gasteiger partial charge on any atom is 0.259 e. The van der Waals surface area contributed by atoms with Gasteiger partial charge in [-0.2, -0.15) is 5.10 Å². The van der Waals surface area contributed by atoms with E-state index < -0.39 is 0 Å². The van der Waals surface area contributed by atoms with E-state index in [2.05, 4.69) is 47.7 Å². The van der Waals surface area contributed by atoms with Gasteiger partial charge in [0.2, 0.25) is 0 Å². The molecule has 0 saturated carbocycles. The Morgan fingerprint density at radius 3 is 2.71 bits per heavy atom. The molecule has 0 atom stereocenters. The summed E-state index contributed by atoms with van der Waals surface area (Å²) in [4.78, 5) is 11.8. The van der Waals surface area contributed by atoms with Crippen LogP contribution in [-0.2, 0) is 4.79 Å². The summed E-state index contributed by atoms with van der Waals surface area (Å²) in [5.41, 5.74) is 5.77. The van der Waals surface area contributed by atoms with Crippen molar-refractivity contribution < 1.29 is 9.90 Å². The third-order valence-corrected chi connectivity index (χ3v) is 5.22. The van der Waals surface area contributed by atoms with Gasteiger partial charge in [0.1, 0.15) is 5.75 Å². The summed E-state index contributed by atoms with van der Waals surface area (Å²) in [6.07, 6.45) is 1.40. The van der Waals surface area contributed by atoms with Gasteiger partial charge >= 0.3 is 0 Å². The number of halogens is 2. The van der Waals surface area contributed by atoms with Crippen LogP contribution in [0, 0.1) is 13.8 Å². The van der Waals surface area contributed by atoms with Crippen LogP contribution < -0.4 is 10.7 Å². The van der Waals surface area contributed by atoms with Crippen molar-refractivity contribution in [3.8, 4) is 5.75 Å². The number of phenols is 1. The number of para-hydroxylation sites is 1. The average Bonchev–Trinajstić information content (AvgIpc) is 2.56. The van der Waals surface area contributed by atoms with E-state index in [9.17, 15) is 9.90 Å². The van der Waals surface area contributed by atoms with Crippen LogP contribution in [0.2, 0.25) is 0 Å². The minimum atomic E-state index is -0.278. The fourth-order valence-electron chi connectivity index (χ4n) is 1.98. The Kier molecular flexibility index (Phi) is 6.39. The van der Waals surface area contributed by atoms with E-state index >= 15 is 0 Å². The predicted molar refractivity (Wildman–Crippen MR) is 104 cm³/mol. The third-order valence-electron chi connectivity index (χ3n) is 3.43. The predicted octanol–water partition coefficient (Wildman–Crippen LogP) is 4.10. The number of phenolic OH excluding ortho intramolecular Hbond substituents is 1. The molecule has 0 unspecified atom stereocenters. The smallest absolute Gasteiger partial charge is 0.259 e. The molecule has 0 heterocycles. The van der Waals surface area contributed by atoms with Crippen LogP contribution in [0.15, 0.2) is 44.4 Å². The number of hydrazone groups is 1. The third kappa shape index (κ3) is 4.58. The Hall–Kier alpha value is -1.86. The van der Waals surface area contributed by atoms with Gasteiger partial charge in [-0.15, -0.1) is 0 Å². The number of carbonyl (C=O) groups excluding carboxylic acids is 1. The van der Waals surface area contributed by atoms with Gasteiger partial charge in [0.05, 0.1) is 17.2 Å². The van der Waals surface area contributed by atoms with Gasteiger partial charge in [0, 0.05) is 15.7 Å². The maximum atomic E-state index is 11.8. The Labute approximate surface area is 157 Å². The largest absolute Gasteiger partial charge is 0.506 e. The standard InChI is InChI=1S/C17H17Br2N3O2/c1-10-5-3-4-6-14(10)20-9-15(23)22-21-8-12-7-13(18)11(2)16(19)17(12)24/h3-8,20,24H,9H2,1-2H3,(H,22,23)/b21-8+. The van der Waals surface area contributed by atoms with Crippen molar-refractivity contribution in [3.63, 3.8) is 0 Å². The first-order valence-electron chi connectivity index (χ1n) is 7.19. The highest BCUT2D eigenvalue weighted by atomic mass is 79.9. The summed E-state index contributed by atoms with van der Waals surface area (Å²) in [6, 6.07) is 9.45. The molecule has 126 valence electrons. The Morgan fingerprint density at radius 1 is 1.29 bits per heavy atom. The van der Waals surface area contributed by atoms with E-state index in [1.165, 1.54) is 6.21 Å². The van der Waals surface area contributed by atoms with Crippen molar-refractivity contribution in [1.29, 1.82) is 0 Å². The molecule has 0 bridgehead atoms. The molecule has 0 aliphatic heterocycles. The molecule has 0 spiro atoms. The second-order valence-corrected chi connectivity index (χ2v) is 6.84. The first kappa shape index (κ1) is 18.5. The zero-order valence-corrected chi connectivity index (χ0v) is 16.4. The van der Waals surface area contributed by atoms with Crippen LogP contribution in [0.25, 0.3) is 0 Å². The lowest BCUT2D eigenvalue weighted by molar-refractivity contribution is -0.119. The normalized spacial score (nSPS) is 10.8. The van der Waals surface area contributed by atoms with Gasteiger partial charge in [-0.25, -0.2) is 5.43 Å². The van der Waals surface area contributed by atoms with Gasteiger partial charge in [0.15, 0.2) is 0 Å². The van der Waals surface area contributed by atoms with Crippen molar-refractivity contribution >= 4 is 49.7 Å². The summed E-state index contributed by atoms with van der Waals surface area (Å²) in [6.45, 7) is 3.94. The molecule has 2 rings (SSSR count). The number of hydrogen-bond acceptors (Lipinski definition) is 4. The van der Waals surface area contributed by atoms with E-state index in [-0.39, 0.29) is 18.2 Å². The summed E-state index contributed by atoms with van der Waals surface area (Å²) in [5, 5.41) is 17.0. The number of amides is 1. The molecule has 0 aliphatic rings. The summed E-state index contributed by atoms with van der Waals surface area (Å²) in [7, 11) is 0. The van der Waals surface area contributed by atoms with Gasteiger partial charge in [-0.3, -0.25) is 4.79 Å². The molecular weight excluding hydrogens is 438 g/mol. The van der Waals surface area contributed by atoms with Crippen molar-refractivity contribution in [2.75, 3.05) is 11.9 Å². The first-order valence-corrected chi connectivity index (χ1v) is 8.77. The molecule has 0 saturated heterocycles. The number of nitrogens with one attached hydrogen (secondary N) is 2. The second-order valence-electron chi connectivity index (χ2n) is 5.20. The zero-order chi connectivity index (χ0) is 17.7. The zero-order valence-electron chi connectivity index (χ0n) is 13.2. The van der Waals surface area contributed by atoms with Gasteiger partial charge in [-0.1, -0.05) is 34.1 Å². The van der Waals surface area contributed by atoms with Crippen LogP contribution in [-0.4, -0.2) is 23.8 Å². The number of anilines is 1. The topological polar surface area (TPSA) is 73.7 Å². The van der Waals surface area contributed by atoms with Crippen molar-refractivity contribution in [1.82, 2.24) is 5.43 Å². The number of hydrogen-bond donors (Lipinski definition) is 3. The average molecular weight is 455 g/mol. The number of rotatable bonds is 5. The van der Waals surface area contributed by atoms with E-state index in [0.717, 1.165) is 21.3 Å². The Bertz CT molecular complexity index is 792. The molecule has 5 nitrogen and oxygen atoms in total. The maximum absolute atomic E-state index is 11.8. The fraction of sp³-hybridized carbons (Fsp3) is 0.176. The van der Waals surface area contributed by atoms with Crippen LogP contribution in [0.4, 0.5) is 5.69 Å². The van der Waals surface area contributed by atoms with Crippen LogP contribution >= 0.6 is 31.9 Å². The minimum absolute atomic E-state index is 0.0757. The molecule has 2 aromatic rings. The summed E-state index contributed by atoms with van der Waals surface area (Å²) >= 11 is 6.73. The molecule has 0 aliphatic carbocycles. The van der Waals surface area contributed by atoms with E-state index in [1.807, 2.05) is 38.1 Å². The molecule has 0 fully saturated rings. The van der Waals surface area contributed by atoms with Crippen LogP contribution in [0.3, 0.4) is 0 Å². The van der Waals surface area contributed by atoms with E-state index in [1.54, 1.807) is 6.07 Å². The summed E-state index contributed by atoms with van der Waals surface area (Å²) < 4.78 is 1.42. The first-order chi connectivity index (χ1) is 11.4. The number of carbonyl (C=O) groups is 1. The molecule has 0 radical (unpaired) electrons.